The smallest absolute Gasteiger partial charge is 0.254 e. The molecule has 3 rings (SSSR count). The number of benzene rings is 1. The Morgan fingerprint density at radius 3 is 2.44 bits per heavy atom. The number of hydrogen-bond donors (Lipinski definition) is 1. The molecular weight excluding hydrogens is 340 g/mol. The zero-order valence-corrected chi connectivity index (χ0v) is 16.8. The number of methoxy groups -OCH3 is 1. The van der Waals surface area contributed by atoms with Crippen LogP contribution in [0.25, 0.3) is 0 Å². The predicted octanol–water partition coefficient (Wildman–Crippen LogP) is 1.03. The van der Waals surface area contributed by atoms with Crippen molar-refractivity contribution in [1.82, 2.24) is 20.0 Å². The quantitative estimate of drug-likeness (QED) is 0.773. The van der Waals surface area contributed by atoms with E-state index in [9.17, 15) is 4.79 Å². The lowest BCUT2D eigenvalue weighted by Gasteiger charge is -2.42. The number of ether oxygens (including phenoxy) is 1. The van der Waals surface area contributed by atoms with Crippen LogP contribution in [0.1, 0.15) is 18.4 Å². The van der Waals surface area contributed by atoms with E-state index in [0.717, 1.165) is 71.7 Å². The maximum Gasteiger partial charge on any atom is 0.254 e. The molecule has 2 fully saturated rings. The van der Waals surface area contributed by atoms with Gasteiger partial charge in [0, 0.05) is 52.9 Å². The van der Waals surface area contributed by atoms with Gasteiger partial charge in [0.25, 0.3) is 5.91 Å². The maximum atomic E-state index is 13.0. The van der Waals surface area contributed by atoms with Crippen molar-refractivity contribution in [2.45, 2.75) is 25.0 Å². The van der Waals surface area contributed by atoms with Crippen molar-refractivity contribution >= 4 is 5.91 Å². The molecule has 0 radical (unpaired) electrons. The van der Waals surface area contributed by atoms with Crippen LogP contribution in [0.2, 0.25) is 0 Å². The Labute approximate surface area is 163 Å². The van der Waals surface area contributed by atoms with Gasteiger partial charge >= 0.3 is 0 Å². The van der Waals surface area contributed by atoms with Crippen molar-refractivity contribution in [3.63, 3.8) is 0 Å². The standard InChI is InChI=1S/C21H34N4O2/c1-23(18-19-6-4-3-5-7-19)12-13-24-14-16-25(17-15-24)20(26)21(27-2)8-10-22-11-9-21/h3-7,22H,8-18H2,1-2H3. The third-order valence-electron chi connectivity index (χ3n) is 5.94. The van der Waals surface area contributed by atoms with Crippen LogP contribution in [0.3, 0.4) is 0 Å². The SMILES string of the molecule is COC1(C(=O)N2CCN(CCN(C)Cc3ccccc3)CC2)CCNCC1. The van der Waals surface area contributed by atoms with Crippen molar-refractivity contribution in [2.75, 3.05) is 66.5 Å². The van der Waals surface area contributed by atoms with E-state index in [-0.39, 0.29) is 5.91 Å². The molecule has 27 heavy (non-hydrogen) atoms. The first-order valence-electron chi connectivity index (χ1n) is 10.1. The Balaban J connectivity index is 1.41. The highest BCUT2D eigenvalue weighted by molar-refractivity contribution is 5.85. The van der Waals surface area contributed by atoms with Gasteiger partial charge in [-0.1, -0.05) is 30.3 Å². The molecule has 0 unspecified atom stereocenters. The first-order chi connectivity index (χ1) is 13.1. The number of nitrogens with zero attached hydrogens (tertiary/aromatic N) is 3. The molecule has 2 saturated heterocycles. The Bertz CT molecular complexity index is 581. The summed E-state index contributed by atoms with van der Waals surface area (Å²) in [5.41, 5.74) is 0.741. The second-order valence-electron chi connectivity index (χ2n) is 7.81. The highest BCUT2D eigenvalue weighted by Gasteiger charge is 2.42. The molecule has 0 aromatic heterocycles. The zero-order valence-electron chi connectivity index (χ0n) is 16.8. The largest absolute Gasteiger partial charge is 0.368 e. The van der Waals surface area contributed by atoms with Gasteiger partial charge in [-0.15, -0.1) is 0 Å². The van der Waals surface area contributed by atoms with Gasteiger partial charge in [0.15, 0.2) is 0 Å². The second kappa shape index (κ2) is 9.64. The number of nitrogens with one attached hydrogen (secondary N) is 1. The Morgan fingerprint density at radius 1 is 1.15 bits per heavy atom. The van der Waals surface area contributed by atoms with Gasteiger partial charge in [-0.2, -0.15) is 0 Å². The molecule has 6 heteroatoms. The van der Waals surface area contributed by atoms with Crippen LogP contribution in [0.4, 0.5) is 0 Å². The van der Waals surface area contributed by atoms with E-state index >= 15 is 0 Å². The summed E-state index contributed by atoms with van der Waals surface area (Å²) in [4.78, 5) is 19.9. The van der Waals surface area contributed by atoms with E-state index in [2.05, 4.69) is 52.5 Å². The lowest BCUT2D eigenvalue weighted by atomic mass is 9.90. The van der Waals surface area contributed by atoms with E-state index in [4.69, 9.17) is 4.74 Å². The topological polar surface area (TPSA) is 48.1 Å². The lowest BCUT2D eigenvalue weighted by Crippen LogP contribution is -2.59. The molecule has 2 aliphatic rings. The summed E-state index contributed by atoms with van der Waals surface area (Å²) >= 11 is 0. The average molecular weight is 375 g/mol. The summed E-state index contributed by atoms with van der Waals surface area (Å²) in [6.07, 6.45) is 1.54. The highest BCUT2D eigenvalue weighted by Crippen LogP contribution is 2.25. The van der Waals surface area contributed by atoms with Crippen molar-refractivity contribution in [3.05, 3.63) is 35.9 Å². The first kappa shape index (κ1) is 20.3. The summed E-state index contributed by atoms with van der Waals surface area (Å²) in [7, 11) is 3.86. The highest BCUT2D eigenvalue weighted by atomic mass is 16.5. The fraction of sp³-hybridized carbons (Fsp3) is 0.667. The Morgan fingerprint density at radius 2 is 1.81 bits per heavy atom. The van der Waals surface area contributed by atoms with E-state index in [1.807, 2.05) is 4.90 Å². The van der Waals surface area contributed by atoms with Crippen molar-refractivity contribution in [2.24, 2.45) is 0 Å². The predicted molar refractivity (Wildman–Crippen MR) is 108 cm³/mol. The van der Waals surface area contributed by atoms with Gasteiger partial charge < -0.3 is 19.9 Å². The number of hydrogen-bond acceptors (Lipinski definition) is 5. The number of piperazine rings is 1. The van der Waals surface area contributed by atoms with Gasteiger partial charge in [-0.05, 0) is 38.5 Å². The normalized spacial score (nSPS) is 20.8. The zero-order chi connectivity index (χ0) is 19.1. The van der Waals surface area contributed by atoms with E-state index in [0.29, 0.717) is 0 Å². The summed E-state index contributed by atoms with van der Waals surface area (Å²) in [6.45, 7) is 8.27. The van der Waals surface area contributed by atoms with E-state index in [1.165, 1.54) is 5.56 Å². The number of piperidine rings is 1. The molecule has 150 valence electrons. The molecule has 2 heterocycles. The number of amides is 1. The van der Waals surface area contributed by atoms with Gasteiger partial charge in [-0.3, -0.25) is 9.69 Å². The Hall–Kier alpha value is -1.47. The van der Waals surface area contributed by atoms with Gasteiger partial charge in [-0.25, -0.2) is 0 Å². The molecule has 1 aromatic rings. The molecule has 0 bridgehead atoms. The molecule has 1 amide bonds. The fourth-order valence-corrected chi connectivity index (χ4v) is 4.08. The van der Waals surface area contributed by atoms with Gasteiger partial charge in [0.2, 0.25) is 0 Å². The van der Waals surface area contributed by atoms with Crippen LogP contribution in [0.15, 0.2) is 30.3 Å². The Kier molecular flexibility index (Phi) is 7.24. The lowest BCUT2D eigenvalue weighted by molar-refractivity contribution is -0.160. The molecule has 0 saturated carbocycles. The maximum absolute atomic E-state index is 13.0. The van der Waals surface area contributed by atoms with E-state index in [1.54, 1.807) is 7.11 Å². The van der Waals surface area contributed by atoms with Gasteiger partial charge in [0.1, 0.15) is 5.60 Å². The van der Waals surface area contributed by atoms with Crippen molar-refractivity contribution < 1.29 is 9.53 Å². The fourth-order valence-electron chi connectivity index (χ4n) is 4.08. The summed E-state index contributed by atoms with van der Waals surface area (Å²) in [6, 6.07) is 10.6. The van der Waals surface area contributed by atoms with Crippen LogP contribution < -0.4 is 5.32 Å². The summed E-state index contributed by atoms with van der Waals surface area (Å²) in [5, 5.41) is 3.32. The summed E-state index contributed by atoms with van der Waals surface area (Å²) in [5.74, 6) is 0.187. The van der Waals surface area contributed by atoms with Crippen LogP contribution in [0.5, 0.6) is 0 Å². The average Bonchev–Trinajstić information content (AvgIpc) is 2.73. The molecule has 1 N–H and O–H groups in total. The molecule has 2 aliphatic heterocycles. The minimum Gasteiger partial charge on any atom is -0.368 e. The second-order valence-corrected chi connectivity index (χ2v) is 7.81. The molecule has 1 aromatic carbocycles. The number of likely N-dealkylation sites (N-methyl/N-ethyl adjacent to an activating group) is 1. The molecule has 0 spiro atoms. The minimum atomic E-state index is -0.608. The minimum absolute atomic E-state index is 0.187. The first-order valence-corrected chi connectivity index (χ1v) is 10.1. The third kappa shape index (κ3) is 5.29. The summed E-state index contributed by atoms with van der Waals surface area (Å²) < 4.78 is 5.70. The molecular formula is C21H34N4O2. The van der Waals surface area contributed by atoms with Crippen LogP contribution in [0, 0.1) is 0 Å². The van der Waals surface area contributed by atoms with Crippen molar-refractivity contribution in [1.29, 1.82) is 0 Å². The van der Waals surface area contributed by atoms with Crippen LogP contribution >= 0.6 is 0 Å². The van der Waals surface area contributed by atoms with Crippen LogP contribution in [-0.4, -0.2) is 92.7 Å². The third-order valence-corrected chi connectivity index (χ3v) is 5.94. The van der Waals surface area contributed by atoms with Gasteiger partial charge in [0.05, 0.1) is 0 Å². The molecule has 6 nitrogen and oxygen atoms in total. The van der Waals surface area contributed by atoms with E-state index < -0.39 is 5.60 Å². The van der Waals surface area contributed by atoms with Crippen molar-refractivity contribution in [3.8, 4) is 0 Å². The number of carbonyl (C=O) groups is 1. The number of carbonyl (C=O) groups excluding carboxylic acids is 1. The molecule has 0 aliphatic carbocycles. The number of rotatable bonds is 7. The molecule has 0 atom stereocenters. The van der Waals surface area contributed by atoms with Crippen LogP contribution in [-0.2, 0) is 16.1 Å². The monoisotopic (exact) mass is 374 g/mol.